The Bertz CT molecular complexity index is 1450. The third-order valence-electron chi connectivity index (χ3n) is 5.79. The third kappa shape index (κ3) is 5.49. The predicted octanol–water partition coefficient (Wildman–Crippen LogP) is 7.26. The Morgan fingerprint density at radius 1 is 0.865 bits per heavy atom. The summed E-state index contributed by atoms with van der Waals surface area (Å²) in [7, 11) is 0. The standard InChI is InChI=1S/C31H25BrN2O3/c1-2-36-28-20-23(19-27(32)30(28)37-21-22-12-6-3-7-13-22)18-26-29(24-14-8-4-9-15-24)33-34(31(26)35)25-16-10-5-11-17-25/h3-20H,2,21H2,1H3. The molecule has 4 aromatic rings. The predicted molar refractivity (Wildman–Crippen MR) is 151 cm³/mol. The molecule has 6 heteroatoms. The summed E-state index contributed by atoms with van der Waals surface area (Å²) in [6.45, 7) is 2.82. The van der Waals surface area contributed by atoms with Gasteiger partial charge in [-0.3, -0.25) is 4.79 Å². The van der Waals surface area contributed by atoms with E-state index in [2.05, 4.69) is 15.9 Å². The number of amides is 1. The number of carbonyl (C=O) groups is 1. The lowest BCUT2D eigenvalue weighted by atomic mass is 10.00. The van der Waals surface area contributed by atoms with E-state index >= 15 is 0 Å². The molecule has 0 N–H and O–H groups in total. The van der Waals surface area contributed by atoms with Gasteiger partial charge in [0.2, 0.25) is 0 Å². The van der Waals surface area contributed by atoms with Crippen LogP contribution in [0.3, 0.4) is 0 Å². The first kappa shape index (κ1) is 24.5. The molecule has 5 nitrogen and oxygen atoms in total. The fourth-order valence-corrected chi connectivity index (χ4v) is 4.64. The van der Waals surface area contributed by atoms with Gasteiger partial charge in [0.05, 0.1) is 22.3 Å². The number of hydrogen-bond donors (Lipinski definition) is 0. The van der Waals surface area contributed by atoms with Gasteiger partial charge in [-0.25, -0.2) is 0 Å². The van der Waals surface area contributed by atoms with Gasteiger partial charge >= 0.3 is 0 Å². The van der Waals surface area contributed by atoms with Crippen LogP contribution in [-0.2, 0) is 11.4 Å². The van der Waals surface area contributed by atoms with Gasteiger partial charge in [-0.2, -0.15) is 10.1 Å². The summed E-state index contributed by atoms with van der Waals surface area (Å²) in [6, 6.07) is 33.0. The normalized spacial score (nSPS) is 14.1. The van der Waals surface area contributed by atoms with Crippen LogP contribution in [0.1, 0.15) is 23.6 Å². The highest BCUT2D eigenvalue weighted by Gasteiger charge is 2.32. The van der Waals surface area contributed by atoms with Crippen LogP contribution in [-0.4, -0.2) is 18.2 Å². The van der Waals surface area contributed by atoms with E-state index in [1.54, 1.807) is 0 Å². The van der Waals surface area contributed by atoms with E-state index in [0.717, 1.165) is 21.2 Å². The van der Waals surface area contributed by atoms with Crippen molar-refractivity contribution in [2.75, 3.05) is 11.6 Å². The smallest absolute Gasteiger partial charge is 0.281 e. The number of ether oxygens (including phenoxy) is 2. The Hall–Kier alpha value is -4.16. The number of nitrogens with zero attached hydrogens (tertiary/aromatic N) is 2. The molecule has 0 atom stereocenters. The minimum absolute atomic E-state index is 0.191. The summed E-state index contributed by atoms with van der Waals surface area (Å²) in [6.07, 6.45) is 1.85. The minimum atomic E-state index is -0.191. The number of carbonyl (C=O) groups excluding carboxylic acids is 1. The molecule has 0 spiro atoms. The molecule has 0 saturated heterocycles. The molecule has 4 aromatic carbocycles. The quantitative estimate of drug-likeness (QED) is 0.216. The Morgan fingerprint density at radius 3 is 2.19 bits per heavy atom. The summed E-state index contributed by atoms with van der Waals surface area (Å²) in [5, 5.41) is 6.16. The Kier molecular flexibility index (Phi) is 7.47. The number of benzene rings is 4. The van der Waals surface area contributed by atoms with E-state index in [4.69, 9.17) is 14.6 Å². The Morgan fingerprint density at radius 2 is 1.51 bits per heavy atom. The maximum atomic E-state index is 13.6. The zero-order valence-electron chi connectivity index (χ0n) is 20.3. The van der Waals surface area contributed by atoms with Crippen LogP contribution in [0.2, 0.25) is 0 Å². The molecule has 0 radical (unpaired) electrons. The second kappa shape index (κ2) is 11.3. The van der Waals surface area contributed by atoms with Crippen LogP contribution in [0.5, 0.6) is 11.5 Å². The van der Waals surface area contributed by atoms with Crippen molar-refractivity contribution in [2.45, 2.75) is 13.5 Å². The summed E-state index contributed by atoms with van der Waals surface area (Å²) in [5.74, 6) is 1.03. The highest BCUT2D eigenvalue weighted by molar-refractivity contribution is 9.10. The Balaban J connectivity index is 1.53. The van der Waals surface area contributed by atoms with Gasteiger partial charge in [-0.05, 0) is 64.3 Å². The molecule has 184 valence electrons. The fraction of sp³-hybridized carbons (Fsp3) is 0.0968. The van der Waals surface area contributed by atoms with Crippen LogP contribution in [0.4, 0.5) is 5.69 Å². The first-order valence-corrected chi connectivity index (χ1v) is 12.8. The first-order valence-electron chi connectivity index (χ1n) is 12.0. The number of rotatable bonds is 8. The zero-order valence-corrected chi connectivity index (χ0v) is 21.9. The molecular weight excluding hydrogens is 528 g/mol. The van der Waals surface area contributed by atoms with Crippen LogP contribution in [0.25, 0.3) is 6.08 Å². The molecule has 1 heterocycles. The second-order valence-electron chi connectivity index (χ2n) is 8.36. The van der Waals surface area contributed by atoms with Gasteiger partial charge in [0.15, 0.2) is 11.5 Å². The van der Waals surface area contributed by atoms with Crippen molar-refractivity contribution in [2.24, 2.45) is 5.10 Å². The fourth-order valence-electron chi connectivity index (χ4n) is 4.07. The van der Waals surface area contributed by atoms with E-state index in [0.29, 0.717) is 41.7 Å². The molecule has 1 amide bonds. The second-order valence-corrected chi connectivity index (χ2v) is 9.22. The van der Waals surface area contributed by atoms with Crippen LogP contribution < -0.4 is 14.5 Å². The average molecular weight is 553 g/mol. The molecule has 0 unspecified atom stereocenters. The summed E-state index contributed by atoms with van der Waals surface area (Å²) >= 11 is 3.65. The topological polar surface area (TPSA) is 51.1 Å². The van der Waals surface area contributed by atoms with Crippen LogP contribution >= 0.6 is 15.9 Å². The van der Waals surface area contributed by atoms with Crippen molar-refractivity contribution in [3.63, 3.8) is 0 Å². The van der Waals surface area contributed by atoms with E-state index in [9.17, 15) is 4.79 Å². The van der Waals surface area contributed by atoms with Crippen LogP contribution in [0.15, 0.2) is 118 Å². The molecule has 0 bridgehead atoms. The lowest BCUT2D eigenvalue weighted by Crippen LogP contribution is -2.21. The van der Waals surface area contributed by atoms with Gasteiger partial charge < -0.3 is 9.47 Å². The minimum Gasteiger partial charge on any atom is -0.490 e. The van der Waals surface area contributed by atoms with E-state index in [1.165, 1.54) is 5.01 Å². The molecule has 0 aromatic heterocycles. The number of para-hydroxylation sites is 1. The molecular formula is C31H25BrN2O3. The first-order chi connectivity index (χ1) is 18.1. The number of hydrogen-bond acceptors (Lipinski definition) is 4. The van der Waals surface area contributed by atoms with Gasteiger partial charge in [-0.1, -0.05) is 78.9 Å². The summed E-state index contributed by atoms with van der Waals surface area (Å²) in [4.78, 5) is 13.6. The van der Waals surface area contributed by atoms with Gasteiger partial charge in [0, 0.05) is 5.56 Å². The molecule has 1 aliphatic rings. The molecule has 0 fully saturated rings. The number of anilines is 1. The molecule has 37 heavy (non-hydrogen) atoms. The lowest BCUT2D eigenvalue weighted by molar-refractivity contribution is -0.114. The molecule has 5 rings (SSSR count). The average Bonchev–Trinajstić information content (AvgIpc) is 3.25. The van der Waals surface area contributed by atoms with Crippen molar-refractivity contribution in [1.82, 2.24) is 0 Å². The number of halogens is 1. The maximum absolute atomic E-state index is 13.6. The molecule has 0 aliphatic carbocycles. The largest absolute Gasteiger partial charge is 0.490 e. The van der Waals surface area contributed by atoms with E-state index < -0.39 is 0 Å². The van der Waals surface area contributed by atoms with Gasteiger partial charge in [-0.15, -0.1) is 0 Å². The zero-order chi connectivity index (χ0) is 25.6. The number of hydrazone groups is 1. The third-order valence-corrected chi connectivity index (χ3v) is 6.38. The van der Waals surface area contributed by atoms with Crippen molar-refractivity contribution in [3.8, 4) is 11.5 Å². The summed E-state index contributed by atoms with van der Waals surface area (Å²) < 4.78 is 12.8. The Labute approximate surface area is 224 Å². The van der Waals surface area contributed by atoms with Crippen molar-refractivity contribution >= 4 is 39.3 Å². The highest BCUT2D eigenvalue weighted by Crippen LogP contribution is 2.39. The SMILES string of the molecule is CCOc1cc(C=C2C(=O)N(c3ccccc3)N=C2c2ccccc2)cc(Br)c1OCc1ccccc1. The molecule has 0 saturated carbocycles. The lowest BCUT2D eigenvalue weighted by Gasteiger charge is -2.15. The highest BCUT2D eigenvalue weighted by atomic mass is 79.9. The van der Waals surface area contributed by atoms with Crippen molar-refractivity contribution < 1.29 is 14.3 Å². The van der Waals surface area contributed by atoms with Crippen LogP contribution in [0, 0.1) is 0 Å². The maximum Gasteiger partial charge on any atom is 0.281 e. The molecule has 1 aliphatic heterocycles. The van der Waals surface area contributed by atoms with E-state index in [-0.39, 0.29) is 5.91 Å². The van der Waals surface area contributed by atoms with Crippen molar-refractivity contribution in [3.05, 3.63) is 130 Å². The monoisotopic (exact) mass is 552 g/mol. The van der Waals surface area contributed by atoms with E-state index in [1.807, 2.05) is 116 Å². The van der Waals surface area contributed by atoms with Gasteiger partial charge in [0.1, 0.15) is 12.3 Å². The van der Waals surface area contributed by atoms with Crippen molar-refractivity contribution in [1.29, 1.82) is 0 Å². The van der Waals surface area contributed by atoms with Gasteiger partial charge in [0.25, 0.3) is 5.91 Å². The summed E-state index contributed by atoms with van der Waals surface area (Å²) in [5.41, 5.74) is 4.56.